The molecule has 1 aliphatic carbocycles. The van der Waals surface area contributed by atoms with E-state index in [0.29, 0.717) is 24.3 Å². The molecule has 0 radical (unpaired) electrons. The van der Waals surface area contributed by atoms with Gasteiger partial charge in [0, 0.05) is 36.4 Å². The van der Waals surface area contributed by atoms with Crippen LogP contribution in [0.25, 0.3) is 0 Å². The molecule has 0 saturated heterocycles. The number of aromatic nitrogens is 2. The molecule has 1 fully saturated rings. The van der Waals surface area contributed by atoms with Crippen molar-refractivity contribution in [3.05, 3.63) is 22.7 Å². The van der Waals surface area contributed by atoms with Gasteiger partial charge < -0.3 is 9.47 Å². The Kier molecular flexibility index (Phi) is 5.31. The fourth-order valence-corrected chi connectivity index (χ4v) is 3.25. The van der Waals surface area contributed by atoms with Gasteiger partial charge in [0.25, 0.3) is 5.56 Å². The number of hydrogen-bond acceptors (Lipinski definition) is 3. The third kappa shape index (κ3) is 3.79. The van der Waals surface area contributed by atoms with Crippen molar-refractivity contribution in [2.24, 2.45) is 0 Å². The lowest BCUT2D eigenvalue weighted by molar-refractivity contribution is 0.377. The van der Waals surface area contributed by atoms with E-state index in [0.717, 1.165) is 12.8 Å². The maximum atomic E-state index is 12.8. The SMILES string of the molecule is CC(C)(C)n1ccnc(N(CCCl)C2CCCCC2)c1=O. The van der Waals surface area contributed by atoms with Gasteiger partial charge in [0.15, 0.2) is 5.82 Å². The predicted octanol–water partition coefficient (Wildman–Crippen LogP) is 3.38. The van der Waals surface area contributed by atoms with Crippen LogP contribution in [0.5, 0.6) is 0 Å². The lowest BCUT2D eigenvalue weighted by atomic mass is 9.94. The van der Waals surface area contributed by atoms with E-state index in [2.05, 4.69) is 9.88 Å². The fraction of sp³-hybridized carbons (Fsp3) is 0.750. The summed E-state index contributed by atoms with van der Waals surface area (Å²) >= 11 is 5.97. The quantitative estimate of drug-likeness (QED) is 0.800. The van der Waals surface area contributed by atoms with E-state index in [-0.39, 0.29) is 11.1 Å². The van der Waals surface area contributed by atoms with E-state index in [1.54, 1.807) is 17.0 Å². The molecule has 1 aromatic heterocycles. The zero-order valence-electron chi connectivity index (χ0n) is 13.3. The maximum absolute atomic E-state index is 12.8. The average molecular weight is 312 g/mol. The highest BCUT2D eigenvalue weighted by Crippen LogP contribution is 2.25. The monoisotopic (exact) mass is 311 g/mol. The largest absolute Gasteiger partial charge is 0.348 e. The number of rotatable bonds is 4. The van der Waals surface area contributed by atoms with Crippen LogP contribution < -0.4 is 10.5 Å². The summed E-state index contributed by atoms with van der Waals surface area (Å²) in [6.07, 6.45) is 9.50. The Hall–Kier alpha value is -1.03. The highest BCUT2D eigenvalue weighted by molar-refractivity contribution is 6.18. The van der Waals surface area contributed by atoms with Crippen molar-refractivity contribution in [3.63, 3.8) is 0 Å². The van der Waals surface area contributed by atoms with E-state index in [9.17, 15) is 4.79 Å². The van der Waals surface area contributed by atoms with Gasteiger partial charge in [-0.1, -0.05) is 19.3 Å². The van der Waals surface area contributed by atoms with Crippen molar-refractivity contribution < 1.29 is 0 Å². The van der Waals surface area contributed by atoms with Crippen molar-refractivity contribution in [1.29, 1.82) is 0 Å². The fourth-order valence-electron chi connectivity index (χ4n) is 3.07. The van der Waals surface area contributed by atoms with E-state index < -0.39 is 0 Å². The van der Waals surface area contributed by atoms with Crippen molar-refractivity contribution >= 4 is 17.4 Å². The van der Waals surface area contributed by atoms with E-state index >= 15 is 0 Å². The summed E-state index contributed by atoms with van der Waals surface area (Å²) in [5.74, 6) is 1.07. The maximum Gasteiger partial charge on any atom is 0.293 e. The second kappa shape index (κ2) is 6.82. The summed E-state index contributed by atoms with van der Waals surface area (Å²) in [6.45, 7) is 6.78. The van der Waals surface area contributed by atoms with Crippen molar-refractivity contribution in [2.45, 2.75) is 64.5 Å². The van der Waals surface area contributed by atoms with Gasteiger partial charge in [0.2, 0.25) is 0 Å². The number of anilines is 1. The molecule has 0 unspecified atom stereocenters. The molecule has 0 spiro atoms. The van der Waals surface area contributed by atoms with Gasteiger partial charge in [-0.15, -0.1) is 11.6 Å². The second-order valence-electron chi connectivity index (χ2n) is 6.77. The van der Waals surface area contributed by atoms with Crippen LogP contribution >= 0.6 is 11.6 Å². The number of halogens is 1. The van der Waals surface area contributed by atoms with Gasteiger partial charge in [-0.25, -0.2) is 4.98 Å². The van der Waals surface area contributed by atoms with Crippen LogP contribution in [0.4, 0.5) is 5.82 Å². The Morgan fingerprint density at radius 3 is 2.57 bits per heavy atom. The normalized spacial score (nSPS) is 17.0. The van der Waals surface area contributed by atoms with Gasteiger partial charge in [0.1, 0.15) is 0 Å². The highest BCUT2D eigenvalue weighted by Gasteiger charge is 2.26. The van der Waals surface area contributed by atoms with Gasteiger partial charge >= 0.3 is 0 Å². The van der Waals surface area contributed by atoms with Crippen LogP contribution in [-0.2, 0) is 5.54 Å². The standard InChI is InChI=1S/C16H26ClN3O/c1-16(2,3)20-12-10-18-14(15(20)21)19(11-9-17)13-7-5-4-6-8-13/h10,12-13H,4-9,11H2,1-3H3. The first-order valence-corrected chi connectivity index (χ1v) is 8.39. The van der Waals surface area contributed by atoms with Crippen LogP contribution in [0.15, 0.2) is 17.2 Å². The van der Waals surface area contributed by atoms with Crippen LogP contribution in [0, 0.1) is 0 Å². The Bertz CT molecular complexity index is 515. The molecule has 0 aromatic carbocycles. The minimum Gasteiger partial charge on any atom is -0.348 e. The summed E-state index contributed by atoms with van der Waals surface area (Å²) in [5.41, 5.74) is -0.255. The van der Waals surface area contributed by atoms with Gasteiger partial charge in [-0.3, -0.25) is 4.79 Å². The minimum absolute atomic E-state index is 0.0132. The highest BCUT2D eigenvalue weighted by atomic mass is 35.5. The molecule has 118 valence electrons. The van der Waals surface area contributed by atoms with Crippen molar-refractivity contribution in [1.82, 2.24) is 9.55 Å². The minimum atomic E-state index is -0.242. The first-order chi connectivity index (χ1) is 9.95. The first-order valence-electron chi connectivity index (χ1n) is 7.86. The van der Waals surface area contributed by atoms with E-state index in [1.807, 2.05) is 20.8 Å². The third-order valence-electron chi connectivity index (χ3n) is 4.16. The summed E-state index contributed by atoms with van der Waals surface area (Å²) in [6, 6.07) is 0.397. The number of nitrogens with zero attached hydrogens (tertiary/aromatic N) is 3. The third-order valence-corrected chi connectivity index (χ3v) is 4.33. The molecular formula is C16H26ClN3O. The van der Waals surface area contributed by atoms with Crippen LogP contribution in [0.2, 0.25) is 0 Å². The molecule has 0 aliphatic heterocycles. The van der Waals surface area contributed by atoms with E-state index in [4.69, 9.17) is 11.6 Å². The Morgan fingerprint density at radius 2 is 2.00 bits per heavy atom. The van der Waals surface area contributed by atoms with Crippen LogP contribution in [0.3, 0.4) is 0 Å². The van der Waals surface area contributed by atoms with Crippen molar-refractivity contribution in [3.8, 4) is 0 Å². The van der Waals surface area contributed by atoms with Gasteiger partial charge in [-0.2, -0.15) is 0 Å². The average Bonchev–Trinajstić information content (AvgIpc) is 2.45. The zero-order valence-corrected chi connectivity index (χ0v) is 14.1. The molecule has 1 aromatic rings. The van der Waals surface area contributed by atoms with Gasteiger partial charge in [-0.05, 0) is 33.6 Å². The first kappa shape index (κ1) is 16.3. The summed E-state index contributed by atoms with van der Waals surface area (Å²) in [7, 11) is 0. The number of alkyl halides is 1. The Morgan fingerprint density at radius 1 is 1.33 bits per heavy atom. The Labute approximate surface area is 132 Å². The zero-order chi connectivity index (χ0) is 15.5. The van der Waals surface area contributed by atoms with Crippen LogP contribution in [0.1, 0.15) is 52.9 Å². The molecule has 1 saturated carbocycles. The molecule has 0 atom stereocenters. The molecule has 0 amide bonds. The lowest BCUT2D eigenvalue weighted by Crippen LogP contribution is -2.44. The number of hydrogen-bond donors (Lipinski definition) is 0. The summed E-state index contributed by atoms with van der Waals surface area (Å²) < 4.78 is 1.76. The van der Waals surface area contributed by atoms with Crippen LogP contribution in [-0.4, -0.2) is 28.0 Å². The van der Waals surface area contributed by atoms with Crippen molar-refractivity contribution in [2.75, 3.05) is 17.3 Å². The summed E-state index contributed by atoms with van der Waals surface area (Å²) in [4.78, 5) is 19.3. The molecule has 1 aliphatic rings. The second-order valence-corrected chi connectivity index (χ2v) is 7.15. The predicted molar refractivity (Wildman–Crippen MR) is 88.4 cm³/mol. The topological polar surface area (TPSA) is 38.1 Å². The summed E-state index contributed by atoms with van der Waals surface area (Å²) in [5, 5.41) is 0. The molecule has 5 heteroatoms. The smallest absolute Gasteiger partial charge is 0.293 e. The molecule has 4 nitrogen and oxygen atoms in total. The molecular weight excluding hydrogens is 286 g/mol. The van der Waals surface area contributed by atoms with Gasteiger partial charge in [0.05, 0.1) is 0 Å². The molecule has 1 heterocycles. The molecule has 21 heavy (non-hydrogen) atoms. The molecule has 0 N–H and O–H groups in total. The molecule has 0 bridgehead atoms. The lowest BCUT2D eigenvalue weighted by Gasteiger charge is -2.35. The molecule has 2 rings (SSSR count). The van der Waals surface area contributed by atoms with E-state index in [1.165, 1.54) is 19.3 Å². The Balaban J connectivity index is 2.38.